The average Bonchev–Trinajstić information content (AvgIpc) is 3.83. The fourth-order valence-electron chi connectivity index (χ4n) is 7.25. The molecule has 12 nitrogen and oxygen atoms in total. The van der Waals surface area contributed by atoms with E-state index >= 15 is 0 Å². The molecular weight excluding hydrogens is 663 g/mol. The molecular formula is C36H40F3N9O3. The second-order valence-electron chi connectivity index (χ2n) is 13.5. The number of nitrogens with zero attached hydrogens (tertiary/aromatic N) is 6. The number of esters is 1. The Kier molecular flexibility index (Phi) is 9.66. The molecule has 0 spiro atoms. The summed E-state index contributed by atoms with van der Waals surface area (Å²) in [5, 5.41) is 22.8. The van der Waals surface area contributed by atoms with Gasteiger partial charge in [-0.1, -0.05) is 60.7 Å². The molecule has 2 aromatic carbocycles. The molecule has 2 saturated carbocycles. The van der Waals surface area contributed by atoms with Crippen LogP contribution in [0.4, 0.5) is 24.9 Å². The lowest BCUT2D eigenvalue weighted by Crippen LogP contribution is -2.39. The van der Waals surface area contributed by atoms with Gasteiger partial charge in [-0.05, 0) is 55.7 Å². The van der Waals surface area contributed by atoms with Crippen molar-refractivity contribution in [3.8, 4) is 0 Å². The molecule has 5 N–H and O–H groups in total. The van der Waals surface area contributed by atoms with Crippen LogP contribution in [0, 0.1) is 6.92 Å². The van der Waals surface area contributed by atoms with E-state index in [-0.39, 0.29) is 24.4 Å². The Morgan fingerprint density at radius 1 is 1.02 bits per heavy atom. The Labute approximate surface area is 292 Å². The number of aliphatic hydroxyl groups excluding tert-OH is 1. The van der Waals surface area contributed by atoms with Crippen molar-refractivity contribution in [3.63, 3.8) is 0 Å². The van der Waals surface area contributed by atoms with Crippen LogP contribution >= 0.6 is 0 Å². The van der Waals surface area contributed by atoms with Crippen LogP contribution in [0.15, 0.2) is 79.4 Å². The number of anilines is 2. The van der Waals surface area contributed by atoms with E-state index in [9.17, 15) is 23.1 Å². The van der Waals surface area contributed by atoms with Gasteiger partial charge in [0, 0.05) is 30.7 Å². The molecule has 0 aliphatic heterocycles. The van der Waals surface area contributed by atoms with E-state index in [4.69, 9.17) is 20.4 Å². The minimum Gasteiger partial charge on any atom is -0.451 e. The van der Waals surface area contributed by atoms with Crippen molar-refractivity contribution in [2.75, 3.05) is 17.2 Å². The van der Waals surface area contributed by atoms with Crippen molar-refractivity contribution >= 4 is 28.9 Å². The lowest BCUT2D eigenvalue weighted by atomic mass is 9.91. The van der Waals surface area contributed by atoms with Gasteiger partial charge in [-0.25, -0.2) is 9.78 Å². The lowest BCUT2D eigenvalue weighted by molar-refractivity contribution is -0.210. The molecule has 0 radical (unpaired) electrons. The molecule has 0 saturated heterocycles. The van der Waals surface area contributed by atoms with Crippen molar-refractivity contribution in [2.24, 2.45) is 5.73 Å². The molecule has 15 heteroatoms. The third kappa shape index (κ3) is 7.40. The highest BCUT2D eigenvalue weighted by atomic mass is 19.4. The first-order valence-corrected chi connectivity index (χ1v) is 17.1. The quantitative estimate of drug-likeness (QED) is 0.141. The molecule has 0 unspecified atom stereocenters. The van der Waals surface area contributed by atoms with Crippen LogP contribution in [0.3, 0.4) is 0 Å². The highest BCUT2D eigenvalue weighted by Crippen LogP contribution is 2.42. The summed E-state index contributed by atoms with van der Waals surface area (Å²) >= 11 is 0. The molecule has 5 aromatic rings. The van der Waals surface area contributed by atoms with E-state index in [0.717, 1.165) is 42.4 Å². The molecule has 0 amide bonds. The predicted molar refractivity (Wildman–Crippen MR) is 184 cm³/mol. The summed E-state index contributed by atoms with van der Waals surface area (Å²) in [6, 6.07) is 18.7. The van der Waals surface area contributed by atoms with E-state index < -0.39 is 36.4 Å². The number of carbonyl (C=O) groups is 1. The van der Waals surface area contributed by atoms with Crippen LogP contribution in [0.2, 0.25) is 0 Å². The molecule has 3 aromatic heterocycles. The second kappa shape index (κ2) is 14.3. The zero-order valence-corrected chi connectivity index (χ0v) is 27.9. The zero-order chi connectivity index (χ0) is 35.7. The van der Waals surface area contributed by atoms with E-state index in [0.29, 0.717) is 29.5 Å². The molecule has 0 bridgehead atoms. The Morgan fingerprint density at radius 3 is 2.29 bits per heavy atom. The molecule has 3 heterocycles. The van der Waals surface area contributed by atoms with E-state index in [2.05, 4.69) is 45.0 Å². The smallest absolute Gasteiger partial charge is 0.451 e. The maximum absolute atomic E-state index is 13.4. The number of fused-ring (bicyclic) bond motifs is 1. The first kappa shape index (κ1) is 34.4. The second-order valence-corrected chi connectivity index (χ2v) is 13.5. The first-order chi connectivity index (χ1) is 24.5. The number of nitrogens with one attached hydrogen (secondary N) is 2. The van der Waals surface area contributed by atoms with Gasteiger partial charge in [0.2, 0.25) is 5.95 Å². The highest BCUT2D eigenvalue weighted by molar-refractivity contribution is 5.84. The Morgan fingerprint density at radius 2 is 1.69 bits per heavy atom. The van der Waals surface area contributed by atoms with Crippen LogP contribution in [0.5, 0.6) is 0 Å². The number of aromatic nitrogens is 6. The van der Waals surface area contributed by atoms with Crippen LogP contribution < -0.4 is 16.4 Å². The SMILES string of the molecule is Cc1cnn([C@H]2C[C@@H](n3cnc4c(NCC(c5ccccc5)c5ccccc5)nc(NC5CCC(N)CC5)nc43)[C@H](O)[C@@H]2OC(=O)C(F)(F)F)c1. The number of halogens is 3. The number of hydrogen-bond donors (Lipinski definition) is 4. The van der Waals surface area contributed by atoms with Crippen molar-refractivity contribution in [3.05, 3.63) is 96.1 Å². The summed E-state index contributed by atoms with van der Waals surface area (Å²) in [6.45, 7) is 2.25. The molecule has 51 heavy (non-hydrogen) atoms. The number of carbonyl (C=O) groups excluding carboxylic acids is 1. The molecule has 7 rings (SSSR count). The van der Waals surface area contributed by atoms with E-state index in [1.54, 1.807) is 23.9 Å². The van der Waals surface area contributed by atoms with Crippen molar-refractivity contribution in [1.29, 1.82) is 0 Å². The van der Waals surface area contributed by atoms with Crippen LogP contribution in [-0.4, -0.2) is 77.4 Å². The number of ether oxygens (including phenoxy) is 1. The normalized spacial score (nSPS) is 23.8. The molecule has 2 fully saturated rings. The fourth-order valence-corrected chi connectivity index (χ4v) is 7.25. The summed E-state index contributed by atoms with van der Waals surface area (Å²) in [4.78, 5) is 26.4. The van der Waals surface area contributed by atoms with Crippen molar-refractivity contribution in [2.45, 2.75) is 87.5 Å². The topological polar surface area (TPSA) is 158 Å². The van der Waals surface area contributed by atoms with Gasteiger partial charge >= 0.3 is 12.1 Å². The van der Waals surface area contributed by atoms with Crippen LogP contribution in [0.1, 0.15) is 66.8 Å². The van der Waals surface area contributed by atoms with Gasteiger partial charge in [0.1, 0.15) is 6.10 Å². The van der Waals surface area contributed by atoms with Crippen molar-refractivity contribution < 1.29 is 27.8 Å². The fraction of sp³-hybridized carbons (Fsp3) is 0.417. The number of rotatable bonds is 10. The van der Waals surface area contributed by atoms with E-state index in [1.807, 2.05) is 36.4 Å². The minimum absolute atomic E-state index is 0.0326. The van der Waals surface area contributed by atoms with Gasteiger partial charge in [-0.3, -0.25) is 4.68 Å². The average molecular weight is 704 g/mol. The van der Waals surface area contributed by atoms with Crippen LogP contribution in [-0.2, 0) is 9.53 Å². The van der Waals surface area contributed by atoms with Crippen LogP contribution in [0.25, 0.3) is 11.2 Å². The number of alkyl halides is 3. The summed E-state index contributed by atoms with van der Waals surface area (Å²) in [7, 11) is 0. The van der Waals surface area contributed by atoms with Gasteiger partial charge in [0.25, 0.3) is 0 Å². The molecule has 2 aliphatic rings. The predicted octanol–water partition coefficient (Wildman–Crippen LogP) is 5.28. The largest absolute Gasteiger partial charge is 0.490 e. The van der Waals surface area contributed by atoms with Gasteiger partial charge in [0.15, 0.2) is 23.1 Å². The lowest BCUT2D eigenvalue weighted by Gasteiger charge is -2.27. The number of aryl methyl sites for hydroxylation is 1. The van der Waals surface area contributed by atoms with Gasteiger partial charge in [-0.15, -0.1) is 0 Å². The number of imidazole rings is 1. The number of hydrogen-bond acceptors (Lipinski definition) is 10. The third-order valence-corrected chi connectivity index (χ3v) is 9.90. The Balaban J connectivity index is 1.25. The summed E-state index contributed by atoms with van der Waals surface area (Å²) in [5.41, 5.74) is 9.91. The first-order valence-electron chi connectivity index (χ1n) is 17.1. The zero-order valence-electron chi connectivity index (χ0n) is 27.9. The number of nitrogens with two attached hydrogens (primary N) is 1. The minimum atomic E-state index is -5.24. The maximum Gasteiger partial charge on any atom is 0.490 e. The molecule has 4 atom stereocenters. The summed E-state index contributed by atoms with van der Waals surface area (Å²) < 4.78 is 48.1. The Hall–Kier alpha value is -5.02. The third-order valence-electron chi connectivity index (χ3n) is 9.90. The summed E-state index contributed by atoms with van der Waals surface area (Å²) in [5.74, 6) is -1.61. The van der Waals surface area contributed by atoms with Crippen molar-refractivity contribution in [1.82, 2.24) is 29.3 Å². The number of benzene rings is 2. The highest BCUT2D eigenvalue weighted by Gasteiger charge is 2.51. The molecule has 268 valence electrons. The molecule has 2 aliphatic carbocycles. The van der Waals surface area contributed by atoms with Gasteiger partial charge in [0.05, 0.1) is 24.6 Å². The Bertz CT molecular complexity index is 1910. The number of aliphatic hydroxyl groups is 1. The standard InChI is InChI=1S/C36H40F3N9O3/c1-21-17-43-48(19-21)28-16-27(30(49)31(28)51-34(50)36(37,38)39)47-20-42-29-32(45-35(46-33(29)47)44-25-14-12-24(40)13-15-25)41-18-26(22-8-4-2-5-9-22)23-10-6-3-7-11-23/h2-11,17,19-20,24-28,30-31,49H,12-16,18,40H2,1H3,(H2,41,44,45,46)/t24?,25?,27-,28+,30+,31-/m1/s1. The summed E-state index contributed by atoms with van der Waals surface area (Å²) in [6.07, 6.45) is -0.144. The van der Waals surface area contributed by atoms with Gasteiger partial charge in [-0.2, -0.15) is 28.2 Å². The maximum atomic E-state index is 13.4. The monoisotopic (exact) mass is 703 g/mol. The van der Waals surface area contributed by atoms with Gasteiger partial charge < -0.3 is 30.8 Å². The van der Waals surface area contributed by atoms with E-state index in [1.165, 1.54) is 11.0 Å².